The van der Waals surface area contributed by atoms with Crippen LogP contribution in [-0.4, -0.2) is 44.8 Å². The second-order valence-corrected chi connectivity index (χ2v) is 8.74. The topological polar surface area (TPSA) is 95.6 Å². The molecule has 0 unspecified atom stereocenters. The average Bonchev–Trinajstić information content (AvgIpc) is 3.27. The molecule has 2 amide bonds. The Morgan fingerprint density at radius 2 is 1.65 bits per heavy atom. The summed E-state index contributed by atoms with van der Waals surface area (Å²) in [7, 11) is -4.32. The Labute approximate surface area is 177 Å². The van der Waals surface area contributed by atoms with E-state index in [2.05, 4.69) is 5.32 Å². The van der Waals surface area contributed by atoms with E-state index in [1.54, 1.807) is 17.0 Å². The number of halogens is 3. The van der Waals surface area contributed by atoms with Crippen molar-refractivity contribution >= 4 is 27.5 Å². The average molecular weight is 455 g/mol. The first kappa shape index (κ1) is 22.8. The van der Waals surface area contributed by atoms with Gasteiger partial charge < -0.3 is 10.2 Å². The molecule has 0 radical (unpaired) electrons. The summed E-state index contributed by atoms with van der Waals surface area (Å²) in [6, 6.07) is 9.38. The number of benzene rings is 2. The zero-order valence-corrected chi connectivity index (χ0v) is 17.1. The lowest BCUT2D eigenvalue weighted by atomic mass is 10.2. The Morgan fingerprint density at radius 1 is 1.00 bits per heavy atom. The molecule has 0 aliphatic carbocycles. The molecule has 0 bridgehead atoms. The van der Waals surface area contributed by atoms with Crippen LogP contribution in [0.3, 0.4) is 0 Å². The third-order valence-corrected chi connectivity index (χ3v) is 6.10. The first-order chi connectivity index (χ1) is 14.6. The number of carbonyl (C=O) groups is 2. The Morgan fingerprint density at radius 3 is 2.26 bits per heavy atom. The Balaban J connectivity index is 1.58. The van der Waals surface area contributed by atoms with E-state index in [-0.39, 0.29) is 5.91 Å². The van der Waals surface area contributed by atoms with Crippen molar-refractivity contribution in [2.45, 2.75) is 23.9 Å². The van der Waals surface area contributed by atoms with Crippen LogP contribution in [0.1, 0.15) is 28.8 Å². The van der Waals surface area contributed by atoms with Gasteiger partial charge in [-0.05, 0) is 55.3 Å². The van der Waals surface area contributed by atoms with Crippen LogP contribution in [0.4, 0.5) is 18.9 Å². The van der Waals surface area contributed by atoms with E-state index in [0.717, 1.165) is 31.0 Å². The number of likely N-dealkylation sites (tertiary alicyclic amines) is 1. The lowest BCUT2D eigenvalue weighted by molar-refractivity contribution is -0.137. The third kappa shape index (κ3) is 5.82. The molecular weight excluding hydrogens is 435 g/mol. The van der Waals surface area contributed by atoms with Gasteiger partial charge in [0.2, 0.25) is 15.9 Å². The molecule has 0 atom stereocenters. The first-order valence-corrected chi connectivity index (χ1v) is 10.9. The summed E-state index contributed by atoms with van der Waals surface area (Å²) in [5, 5.41) is 2.47. The number of anilines is 1. The predicted molar refractivity (Wildman–Crippen MR) is 107 cm³/mol. The quantitative estimate of drug-likeness (QED) is 0.700. The second-order valence-electron chi connectivity index (χ2n) is 6.97. The van der Waals surface area contributed by atoms with Crippen molar-refractivity contribution in [3.8, 4) is 0 Å². The molecule has 2 N–H and O–H groups in total. The van der Waals surface area contributed by atoms with E-state index in [9.17, 15) is 31.2 Å². The SMILES string of the molecule is O=C(CNS(=O)(=O)c1cccc(C(F)(F)F)c1)Nc1ccc(C(=O)N2CCCC2)cc1. The number of nitrogens with one attached hydrogen (secondary N) is 2. The monoisotopic (exact) mass is 455 g/mol. The standard InChI is InChI=1S/C20H20F3N3O4S/c21-20(22,23)15-4-3-5-17(12-15)31(29,30)24-13-18(27)25-16-8-6-14(7-9-16)19(28)26-10-1-2-11-26/h3-9,12,24H,1-2,10-11,13H2,(H,25,27). The van der Waals surface area contributed by atoms with E-state index in [1.165, 1.54) is 12.1 Å². The largest absolute Gasteiger partial charge is 0.416 e. The Kier molecular flexibility index (Phi) is 6.65. The Hall–Kier alpha value is -2.92. The van der Waals surface area contributed by atoms with Crippen LogP contribution >= 0.6 is 0 Å². The molecule has 1 aliphatic rings. The van der Waals surface area contributed by atoms with E-state index < -0.39 is 39.1 Å². The highest BCUT2D eigenvalue weighted by Gasteiger charge is 2.31. The van der Waals surface area contributed by atoms with Crippen molar-refractivity contribution < 1.29 is 31.2 Å². The molecule has 7 nitrogen and oxygen atoms in total. The Bertz CT molecular complexity index is 1060. The van der Waals surface area contributed by atoms with Crippen molar-refractivity contribution in [3.63, 3.8) is 0 Å². The first-order valence-electron chi connectivity index (χ1n) is 9.42. The summed E-state index contributed by atoms with van der Waals surface area (Å²) in [5.74, 6) is -0.807. The molecule has 11 heteroatoms. The molecule has 0 aromatic heterocycles. The highest BCUT2D eigenvalue weighted by atomic mass is 32.2. The number of alkyl halides is 3. The number of nitrogens with zero attached hydrogens (tertiary/aromatic N) is 1. The fraction of sp³-hybridized carbons (Fsp3) is 0.300. The molecule has 1 aliphatic heterocycles. The van der Waals surface area contributed by atoms with Crippen LogP contribution in [0.2, 0.25) is 0 Å². The van der Waals surface area contributed by atoms with Gasteiger partial charge in [-0.1, -0.05) is 6.07 Å². The van der Waals surface area contributed by atoms with Gasteiger partial charge in [-0.15, -0.1) is 0 Å². The summed E-state index contributed by atoms with van der Waals surface area (Å²) >= 11 is 0. The van der Waals surface area contributed by atoms with E-state index >= 15 is 0 Å². The molecule has 1 heterocycles. The minimum atomic E-state index is -4.69. The summed E-state index contributed by atoms with van der Waals surface area (Å²) in [6.45, 7) is 0.750. The van der Waals surface area contributed by atoms with Gasteiger partial charge in [0.15, 0.2) is 0 Å². The number of amides is 2. The lowest BCUT2D eigenvalue weighted by Gasteiger charge is -2.15. The van der Waals surface area contributed by atoms with E-state index in [0.29, 0.717) is 30.4 Å². The zero-order chi connectivity index (χ0) is 22.6. The number of hydrogen-bond donors (Lipinski definition) is 2. The number of sulfonamides is 1. The maximum atomic E-state index is 12.8. The van der Waals surface area contributed by atoms with E-state index in [4.69, 9.17) is 0 Å². The highest BCUT2D eigenvalue weighted by molar-refractivity contribution is 7.89. The number of rotatable bonds is 6. The van der Waals surface area contributed by atoms with Crippen molar-refractivity contribution in [2.75, 3.05) is 25.0 Å². The molecule has 166 valence electrons. The zero-order valence-electron chi connectivity index (χ0n) is 16.3. The maximum absolute atomic E-state index is 12.8. The van der Waals surface area contributed by atoms with Gasteiger partial charge in [0, 0.05) is 24.3 Å². The third-order valence-electron chi connectivity index (χ3n) is 4.70. The lowest BCUT2D eigenvalue weighted by Crippen LogP contribution is -2.33. The molecule has 1 fully saturated rings. The van der Waals surface area contributed by atoms with Gasteiger partial charge in [0.25, 0.3) is 5.91 Å². The second kappa shape index (κ2) is 9.06. The number of hydrogen-bond acceptors (Lipinski definition) is 4. The van der Waals surface area contributed by atoms with Crippen LogP contribution in [0.25, 0.3) is 0 Å². The van der Waals surface area contributed by atoms with Crippen LogP contribution in [0, 0.1) is 0 Å². The molecule has 2 aromatic rings. The fourth-order valence-corrected chi connectivity index (χ4v) is 4.12. The van der Waals surface area contributed by atoms with Gasteiger partial charge in [-0.2, -0.15) is 13.2 Å². The predicted octanol–water partition coefficient (Wildman–Crippen LogP) is 2.86. The van der Waals surface area contributed by atoms with Gasteiger partial charge >= 0.3 is 6.18 Å². The smallest absolute Gasteiger partial charge is 0.339 e. The minimum absolute atomic E-state index is 0.0933. The molecule has 1 saturated heterocycles. The van der Waals surface area contributed by atoms with Crippen LogP contribution < -0.4 is 10.0 Å². The summed E-state index contributed by atoms with van der Waals surface area (Å²) in [5.41, 5.74) is -0.283. The molecule has 3 rings (SSSR count). The van der Waals surface area contributed by atoms with Crippen molar-refractivity contribution in [2.24, 2.45) is 0 Å². The molecule has 31 heavy (non-hydrogen) atoms. The van der Waals surface area contributed by atoms with Crippen molar-refractivity contribution in [1.29, 1.82) is 0 Å². The molecule has 0 spiro atoms. The molecular formula is C20H20F3N3O4S. The van der Waals surface area contributed by atoms with E-state index in [1.807, 2.05) is 4.72 Å². The van der Waals surface area contributed by atoms with Crippen molar-refractivity contribution in [1.82, 2.24) is 9.62 Å². The molecule has 2 aromatic carbocycles. The van der Waals surface area contributed by atoms with Crippen LogP contribution in [0.15, 0.2) is 53.4 Å². The minimum Gasteiger partial charge on any atom is -0.339 e. The van der Waals surface area contributed by atoms with Crippen LogP contribution in [-0.2, 0) is 21.0 Å². The summed E-state index contributed by atoms with van der Waals surface area (Å²) in [4.78, 5) is 25.5. The number of carbonyl (C=O) groups excluding carboxylic acids is 2. The fourth-order valence-electron chi connectivity index (χ4n) is 3.09. The maximum Gasteiger partial charge on any atom is 0.416 e. The highest BCUT2D eigenvalue weighted by Crippen LogP contribution is 2.30. The molecule has 0 saturated carbocycles. The van der Waals surface area contributed by atoms with Crippen LogP contribution in [0.5, 0.6) is 0 Å². The summed E-state index contributed by atoms with van der Waals surface area (Å²) < 4.78 is 64.7. The van der Waals surface area contributed by atoms with Gasteiger partial charge in [-0.25, -0.2) is 13.1 Å². The van der Waals surface area contributed by atoms with Gasteiger partial charge in [0.1, 0.15) is 0 Å². The normalized spacial score (nSPS) is 14.5. The van der Waals surface area contributed by atoms with Crippen molar-refractivity contribution in [3.05, 3.63) is 59.7 Å². The summed E-state index contributed by atoms with van der Waals surface area (Å²) in [6.07, 6.45) is -2.75. The van der Waals surface area contributed by atoms with Gasteiger partial charge in [-0.3, -0.25) is 9.59 Å². The van der Waals surface area contributed by atoms with Gasteiger partial charge in [0.05, 0.1) is 17.0 Å².